The lowest BCUT2D eigenvalue weighted by Gasteiger charge is -2.34. The first-order valence-electron chi connectivity index (χ1n) is 18.3. The second kappa shape index (κ2) is 16.5. The van der Waals surface area contributed by atoms with Gasteiger partial charge in [-0.15, -0.1) is 0 Å². The Kier molecular flexibility index (Phi) is 11.2. The van der Waals surface area contributed by atoms with E-state index in [1.54, 1.807) is 12.1 Å². The first kappa shape index (κ1) is 36.6. The van der Waals surface area contributed by atoms with Crippen LogP contribution < -0.4 is 20.5 Å². The van der Waals surface area contributed by atoms with Gasteiger partial charge in [-0.2, -0.15) is 0 Å². The van der Waals surface area contributed by atoms with E-state index in [1.165, 1.54) is 23.1 Å². The summed E-state index contributed by atoms with van der Waals surface area (Å²) in [4.78, 5) is 55.5. The van der Waals surface area contributed by atoms with Gasteiger partial charge in [0.05, 0.1) is 13.7 Å². The molecular weight excluding hydrogens is 686 g/mol. The van der Waals surface area contributed by atoms with E-state index in [9.17, 15) is 19.2 Å². The predicted molar refractivity (Wildman–Crippen MR) is 200 cm³/mol. The third-order valence-electron chi connectivity index (χ3n) is 10.4. The zero-order valence-electron chi connectivity index (χ0n) is 30.4. The molecule has 4 aromatic rings. The van der Waals surface area contributed by atoms with Gasteiger partial charge in [-0.1, -0.05) is 60.7 Å². The summed E-state index contributed by atoms with van der Waals surface area (Å²) in [5.74, 6) is -0.154. The topological polar surface area (TPSA) is 144 Å². The Hall–Kier alpha value is -5.72. The molecule has 3 aliphatic heterocycles. The molecule has 0 unspecified atom stereocenters. The Labute approximate surface area is 314 Å². The molecule has 3 heterocycles. The van der Waals surface area contributed by atoms with E-state index in [1.807, 2.05) is 24.3 Å². The molecule has 0 spiro atoms. The van der Waals surface area contributed by atoms with Crippen molar-refractivity contribution in [2.45, 2.75) is 58.3 Å². The van der Waals surface area contributed by atoms with Crippen molar-refractivity contribution in [2.75, 3.05) is 33.3 Å². The molecular formula is C42H45N5O7. The number of carbonyl (C=O) groups is 4. The normalized spacial score (nSPS) is 16.1. The minimum Gasteiger partial charge on any atom is -0.489 e. The molecule has 4 aromatic carbocycles. The lowest BCUT2D eigenvalue weighted by molar-refractivity contribution is -0.141. The van der Waals surface area contributed by atoms with Crippen LogP contribution in [0.1, 0.15) is 66.9 Å². The van der Waals surface area contributed by atoms with Gasteiger partial charge in [-0.05, 0) is 52.9 Å². The van der Waals surface area contributed by atoms with Crippen molar-refractivity contribution in [1.29, 1.82) is 0 Å². The fourth-order valence-corrected chi connectivity index (χ4v) is 7.31. The van der Waals surface area contributed by atoms with Crippen LogP contribution in [0.3, 0.4) is 0 Å². The summed E-state index contributed by atoms with van der Waals surface area (Å²) in [6, 6.07) is 27.0. The van der Waals surface area contributed by atoms with Crippen molar-refractivity contribution in [2.24, 2.45) is 5.73 Å². The Bertz CT molecular complexity index is 2010. The first-order chi connectivity index (χ1) is 26.2. The SMILES string of the molecule is COC(=O)CC[C@@H](C(N)=O)N1Cc2c(OCc3ccc(CN4CCN(Cc5ccc(COc6cccc7c6CNC7=O)cc5)CC4)cc3)cccc2C1=O. The molecule has 54 heavy (non-hydrogen) atoms. The number of carbonyl (C=O) groups excluding carboxylic acids is 4. The zero-order chi connectivity index (χ0) is 37.6. The number of esters is 1. The molecule has 7 rings (SSSR count). The number of nitrogens with two attached hydrogens (primary N) is 1. The van der Waals surface area contributed by atoms with Crippen molar-refractivity contribution < 1.29 is 33.4 Å². The average Bonchev–Trinajstić information content (AvgIpc) is 3.74. The maximum atomic E-state index is 13.2. The van der Waals surface area contributed by atoms with Crippen molar-refractivity contribution in [3.63, 3.8) is 0 Å². The number of benzene rings is 4. The first-order valence-corrected chi connectivity index (χ1v) is 18.3. The molecule has 1 fully saturated rings. The molecule has 0 bridgehead atoms. The quantitative estimate of drug-likeness (QED) is 0.172. The highest BCUT2D eigenvalue weighted by Crippen LogP contribution is 2.33. The van der Waals surface area contributed by atoms with Gasteiger partial charge in [0.1, 0.15) is 30.8 Å². The highest BCUT2D eigenvalue weighted by Gasteiger charge is 2.37. The van der Waals surface area contributed by atoms with Crippen LogP contribution in [0, 0.1) is 0 Å². The number of hydrogen-bond acceptors (Lipinski definition) is 9. The van der Waals surface area contributed by atoms with Crippen LogP contribution in [0.25, 0.3) is 0 Å². The Morgan fingerprint density at radius 1 is 0.722 bits per heavy atom. The number of methoxy groups -OCH3 is 1. The van der Waals surface area contributed by atoms with Gasteiger partial charge >= 0.3 is 5.97 Å². The third-order valence-corrected chi connectivity index (χ3v) is 10.4. The van der Waals surface area contributed by atoms with E-state index in [4.69, 9.17) is 19.9 Å². The van der Waals surface area contributed by atoms with Crippen molar-refractivity contribution in [1.82, 2.24) is 20.0 Å². The van der Waals surface area contributed by atoms with Crippen LogP contribution in [0.4, 0.5) is 0 Å². The number of primary amides is 1. The van der Waals surface area contributed by atoms with Gasteiger partial charge in [0, 0.05) is 74.5 Å². The van der Waals surface area contributed by atoms with E-state index < -0.39 is 17.9 Å². The fraction of sp³-hybridized carbons (Fsp3) is 0.333. The molecule has 12 nitrogen and oxygen atoms in total. The second-order valence-electron chi connectivity index (χ2n) is 14.0. The molecule has 0 aliphatic carbocycles. The van der Waals surface area contributed by atoms with Crippen LogP contribution in [0.5, 0.6) is 11.5 Å². The largest absolute Gasteiger partial charge is 0.489 e. The summed E-state index contributed by atoms with van der Waals surface area (Å²) in [6.07, 6.45) is 0.0726. The highest BCUT2D eigenvalue weighted by atomic mass is 16.5. The molecule has 0 radical (unpaired) electrons. The molecule has 1 atom stereocenters. The van der Waals surface area contributed by atoms with Crippen LogP contribution >= 0.6 is 0 Å². The second-order valence-corrected chi connectivity index (χ2v) is 14.0. The molecule has 280 valence electrons. The molecule has 0 aromatic heterocycles. The number of nitrogens with zero attached hydrogens (tertiary/aromatic N) is 3. The van der Waals surface area contributed by atoms with E-state index in [-0.39, 0.29) is 31.2 Å². The molecule has 0 saturated carbocycles. The maximum Gasteiger partial charge on any atom is 0.305 e. The van der Waals surface area contributed by atoms with Crippen LogP contribution in [0.2, 0.25) is 0 Å². The van der Waals surface area contributed by atoms with E-state index in [2.05, 4.69) is 63.6 Å². The monoisotopic (exact) mass is 731 g/mol. The number of amides is 3. The summed E-state index contributed by atoms with van der Waals surface area (Å²) in [6.45, 7) is 7.21. The molecule has 1 saturated heterocycles. The van der Waals surface area contributed by atoms with Crippen LogP contribution in [0.15, 0.2) is 84.9 Å². The Morgan fingerprint density at radius 2 is 1.24 bits per heavy atom. The molecule has 3 N–H and O–H groups in total. The molecule has 3 aliphatic rings. The van der Waals surface area contributed by atoms with Gasteiger partial charge in [-0.25, -0.2) is 0 Å². The van der Waals surface area contributed by atoms with Crippen molar-refractivity contribution in [3.05, 3.63) is 129 Å². The van der Waals surface area contributed by atoms with E-state index >= 15 is 0 Å². The standard InChI is InChI=1S/C42H45N5O7/c1-52-39(48)17-16-36(40(43)49)47-25-35-33(42(47)51)5-3-7-38(35)54-27-31-14-10-29(11-15-31)24-46-20-18-45(19-21-46)23-28-8-12-30(13-9-28)26-53-37-6-2-4-32-34(37)22-44-41(32)50/h2-15,36H,16-27H2,1H3,(H2,43,49)(H,44,50)/t36-/m0/s1. The number of hydrogen-bond donors (Lipinski definition) is 2. The van der Waals surface area contributed by atoms with Crippen LogP contribution in [-0.4, -0.2) is 77.7 Å². The summed E-state index contributed by atoms with van der Waals surface area (Å²) < 4.78 is 16.9. The average molecular weight is 732 g/mol. The Morgan fingerprint density at radius 3 is 1.78 bits per heavy atom. The van der Waals surface area contributed by atoms with Gasteiger partial charge in [0.25, 0.3) is 11.8 Å². The Balaban J connectivity index is 0.849. The lowest BCUT2D eigenvalue weighted by Crippen LogP contribution is -2.45. The van der Waals surface area contributed by atoms with Gasteiger partial charge in [0.2, 0.25) is 5.91 Å². The van der Waals surface area contributed by atoms with Crippen molar-refractivity contribution >= 4 is 23.7 Å². The van der Waals surface area contributed by atoms with Gasteiger partial charge in [-0.3, -0.25) is 29.0 Å². The summed E-state index contributed by atoms with van der Waals surface area (Å²) >= 11 is 0. The summed E-state index contributed by atoms with van der Waals surface area (Å²) in [7, 11) is 1.28. The fourth-order valence-electron chi connectivity index (χ4n) is 7.31. The van der Waals surface area contributed by atoms with E-state index in [0.717, 1.165) is 61.7 Å². The van der Waals surface area contributed by atoms with E-state index in [0.29, 0.717) is 42.2 Å². The molecule has 3 amide bonds. The number of piperazine rings is 1. The minimum absolute atomic E-state index is 0.0186. The van der Waals surface area contributed by atoms with Gasteiger partial charge < -0.3 is 30.2 Å². The lowest BCUT2D eigenvalue weighted by atomic mass is 10.1. The number of nitrogens with one attached hydrogen (secondary N) is 1. The molecule has 12 heteroatoms. The minimum atomic E-state index is -0.924. The zero-order valence-corrected chi connectivity index (χ0v) is 30.4. The van der Waals surface area contributed by atoms with Gasteiger partial charge in [0.15, 0.2) is 0 Å². The number of ether oxygens (including phenoxy) is 3. The highest BCUT2D eigenvalue weighted by molar-refractivity contribution is 6.01. The predicted octanol–water partition coefficient (Wildman–Crippen LogP) is 4.17. The third kappa shape index (κ3) is 8.40. The summed E-state index contributed by atoms with van der Waals surface area (Å²) in [5.41, 5.74) is 13.0. The number of rotatable bonds is 15. The maximum absolute atomic E-state index is 13.2. The van der Waals surface area contributed by atoms with Crippen molar-refractivity contribution in [3.8, 4) is 11.5 Å². The summed E-state index contributed by atoms with van der Waals surface area (Å²) in [5, 5.41) is 2.86. The smallest absolute Gasteiger partial charge is 0.305 e. The van der Waals surface area contributed by atoms with Crippen LogP contribution in [-0.2, 0) is 53.7 Å². The number of fused-ring (bicyclic) bond motifs is 2.